The number of nitrogens with zero attached hydrogens (tertiary/aromatic N) is 3. The number of fused-ring (bicyclic) bond motifs is 2. The molecule has 0 spiro atoms. The minimum atomic E-state index is -4.61. The Bertz CT molecular complexity index is 1480. The highest BCUT2D eigenvalue weighted by Crippen LogP contribution is 2.38. The largest absolute Gasteiger partial charge is 0.504 e. The zero-order valence-corrected chi connectivity index (χ0v) is 17.2. The third-order valence-corrected chi connectivity index (χ3v) is 6.77. The van der Waals surface area contributed by atoms with Crippen LogP contribution in [0.15, 0.2) is 63.8 Å². The Hall–Kier alpha value is -3.19. The molecule has 0 saturated heterocycles. The van der Waals surface area contributed by atoms with Crippen molar-refractivity contribution in [3.05, 3.63) is 59.8 Å². The number of aromatic hydroxyl groups is 1. The van der Waals surface area contributed by atoms with Crippen molar-refractivity contribution in [3.8, 4) is 5.75 Å². The molecule has 1 heterocycles. The van der Waals surface area contributed by atoms with E-state index in [1.807, 2.05) is 0 Å². The van der Waals surface area contributed by atoms with Gasteiger partial charge in [-0.1, -0.05) is 18.2 Å². The summed E-state index contributed by atoms with van der Waals surface area (Å²) in [7, 11) is -8.81. The molecule has 3 aromatic rings. The first-order chi connectivity index (χ1) is 14.5. The first kappa shape index (κ1) is 21.1. The second kappa shape index (κ2) is 7.50. The topological polar surface area (TPSA) is 167 Å². The number of hydrogen-bond donors (Lipinski definition) is 3. The van der Waals surface area contributed by atoms with Gasteiger partial charge in [0, 0.05) is 11.6 Å². The van der Waals surface area contributed by atoms with Gasteiger partial charge in [0.25, 0.3) is 20.2 Å². The molecule has 1 atom stereocenters. The molecular weight excluding hydrogens is 446 g/mol. The Morgan fingerprint density at radius 3 is 2.52 bits per heavy atom. The van der Waals surface area contributed by atoms with E-state index in [1.165, 1.54) is 24.4 Å². The lowest BCUT2D eigenvalue weighted by Gasteiger charge is -2.17. The van der Waals surface area contributed by atoms with Crippen molar-refractivity contribution in [2.75, 3.05) is 0 Å². The van der Waals surface area contributed by atoms with Gasteiger partial charge in [0.1, 0.15) is 21.3 Å². The molecule has 4 rings (SSSR count). The van der Waals surface area contributed by atoms with E-state index in [1.54, 1.807) is 24.3 Å². The number of hydrogen-bond acceptors (Lipinski definition) is 8. The van der Waals surface area contributed by atoms with Crippen LogP contribution in [-0.4, -0.2) is 41.3 Å². The van der Waals surface area contributed by atoms with Crippen molar-refractivity contribution < 1.29 is 31.0 Å². The maximum absolute atomic E-state index is 11.7. The Morgan fingerprint density at radius 1 is 1.03 bits per heavy atom. The molecule has 10 nitrogen and oxygen atoms in total. The van der Waals surface area contributed by atoms with E-state index < -0.39 is 36.1 Å². The maximum Gasteiger partial charge on any atom is 0.295 e. The summed E-state index contributed by atoms with van der Waals surface area (Å²) in [6.45, 7) is 0. The number of phenolic OH excluding ortho intramolecular Hbond substituents is 1. The van der Waals surface area contributed by atoms with Crippen molar-refractivity contribution in [3.63, 3.8) is 0 Å². The van der Waals surface area contributed by atoms with E-state index >= 15 is 0 Å². The normalized spacial score (nSPS) is 16.6. The van der Waals surface area contributed by atoms with E-state index in [0.29, 0.717) is 16.8 Å². The van der Waals surface area contributed by atoms with Crippen LogP contribution in [0.2, 0.25) is 0 Å². The van der Waals surface area contributed by atoms with Crippen LogP contribution in [0.5, 0.6) is 5.75 Å². The van der Waals surface area contributed by atoms with Crippen LogP contribution < -0.4 is 0 Å². The molecule has 0 fully saturated rings. The second-order valence-electron chi connectivity index (χ2n) is 6.82. The SMILES string of the molecule is O=S(=O)(O)c1cc(/N=N/c2ccc3c(c2)C=CC(S(=O)(=O)O)C3)c(O)c2ncccc12. The number of aromatic nitrogens is 1. The molecule has 3 N–H and O–H groups in total. The highest BCUT2D eigenvalue weighted by molar-refractivity contribution is 7.86. The van der Waals surface area contributed by atoms with Gasteiger partial charge in [-0.05, 0) is 47.9 Å². The minimum absolute atomic E-state index is 0.0359. The van der Waals surface area contributed by atoms with Crippen molar-refractivity contribution in [2.24, 2.45) is 10.2 Å². The monoisotopic (exact) mass is 461 g/mol. The molecule has 12 heteroatoms. The van der Waals surface area contributed by atoms with Crippen LogP contribution >= 0.6 is 0 Å². The summed E-state index contributed by atoms with van der Waals surface area (Å²) in [6.07, 6.45) is 4.38. The Morgan fingerprint density at radius 2 is 1.81 bits per heavy atom. The van der Waals surface area contributed by atoms with Gasteiger partial charge in [-0.3, -0.25) is 14.1 Å². The molecular formula is C19H15N3O7S2. The molecule has 1 aromatic heterocycles. The lowest BCUT2D eigenvalue weighted by molar-refractivity contribution is 0.473. The number of benzene rings is 2. The average molecular weight is 461 g/mol. The highest BCUT2D eigenvalue weighted by atomic mass is 32.2. The molecule has 31 heavy (non-hydrogen) atoms. The maximum atomic E-state index is 11.7. The number of rotatable bonds is 4. The summed E-state index contributed by atoms with van der Waals surface area (Å²) in [5.74, 6) is -0.402. The van der Waals surface area contributed by atoms with Gasteiger partial charge in [0.15, 0.2) is 5.75 Å². The summed E-state index contributed by atoms with van der Waals surface area (Å²) in [4.78, 5) is 3.48. The van der Waals surface area contributed by atoms with Crippen LogP contribution in [-0.2, 0) is 26.7 Å². The molecule has 160 valence electrons. The summed E-state index contributed by atoms with van der Waals surface area (Å²) < 4.78 is 64.9. The standard InChI is InChI=1S/C19H15N3O7S2/c23-19-16(10-17(31(27,28)29)15-2-1-7-20-18(15)19)22-21-13-5-3-12-9-14(30(24,25)26)6-4-11(12)8-13/h1-8,10,14,23H,9H2,(H,24,25,26)(H,27,28,29)/b22-21+. The van der Waals surface area contributed by atoms with Gasteiger partial charge in [-0.25, -0.2) is 0 Å². The molecule has 2 aromatic carbocycles. The number of azo groups is 1. The van der Waals surface area contributed by atoms with E-state index in [0.717, 1.165) is 6.07 Å². The molecule has 0 saturated carbocycles. The fourth-order valence-electron chi connectivity index (χ4n) is 3.27. The van der Waals surface area contributed by atoms with Crippen molar-refractivity contribution in [1.29, 1.82) is 0 Å². The number of pyridine rings is 1. The first-order valence-electron chi connectivity index (χ1n) is 8.81. The van der Waals surface area contributed by atoms with Gasteiger partial charge in [-0.15, -0.1) is 5.11 Å². The molecule has 0 bridgehead atoms. The van der Waals surface area contributed by atoms with Crippen LogP contribution in [0, 0.1) is 0 Å². The minimum Gasteiger partial charge on any atom is -0.504 e. The van der Waals surface area contributed by atoms with Crippen molar-refractivity contribution >= 4 is 48.6 Å². The van der Waals surface area contributed by atoms with Crippen LogP contribution in [0.1, 0.15) is 11.1 Å². The molecule has 1 aliphatic carbocycles. The molecule has 1 aliphatic rings. The molecule has 0 amide bonds. The summed E-state index contributed by atoms with van der Waals surface area (Å²) in [5, 5.41) is 17.4. The quantitative estimate of drug-likeness (QED) is 0.392. The van der Waals surface area contributed by atoms with E-state index in [4.69, 9.17) is 0 Å². The third kappa shape index (κ3) is 4.18. The molecule has 0 radical (unpaired) electrons. The van der Waals surface area contributed by atoms with E-state index in [-0.39, 0.29) is 23.0 Å². The fourth-order valence-corrected chi connectivity index (χ4v) is 4.64. The lowest BCUT2D eigenvalue weighted by atomic mass is 9.97. The Balaban J connectivity index is 1.73. The Labute approximate surface area is 177 Å². The first-order valence-corrected chi connectivity index (χ1v) is 11.8. The van der Waals surface area contributed by atoms with Gasteiger partial charge < -0.3 is 5.11 Å². The average Bonchev–Trinajstić information content (AvgIpc) is 2.71. The van der Waals surface area contributed by atoms with Crippen LogP contribution in [0.25, 0.3) is 17.0 Å². The summed E-state index contributed by atoms with van der Waals surface area (Å²) >= 11 is 0. The summed E-state index contributed by atoms with van der Waals surface area (Å²) in [6, 6.07) is 8.66. The highest BCUT2D eigenvalue weighted by Gasteiger charge is 2.24. The predicted molar refractivity (Wildman–Crippen MR) is 112 cm³/mol. The number of phenols is 1. The zero-order valence-electron chi connectivity index (χ0n) is 15.6. The predicted octanol–water partition coefficient (Wildman–Crippen LogP) is 3.43. The van der Waals surface area contributed by atoms with Crippen LogP contribution in [0.3, 0.4) is 0 Å². The second-order valence-corrected chi connectivity index (χ2v) is 9.84. The van der Waals surface area contributed by atoms with Gasteiger partial charge in [-0.2, -0.15) is 21.9 Å². The van der Waals surface area contributed by atoms with Gasteiger partial charge in [0.05, 0.1) is 5.69 Å². The Kier molecular flexibility index (Phi) is 5.09. The third-order valence-electron chi connectivity index (χ3n) is 4.78. The molecule has 1 unspecified atom stereocenters. The zero-order chi connectivity index (χ0) is 22.4. The molecule has 0 aliphatic heterocycles. The lowest BCUT2D eigenvalue weighted by Crippen LogP contribution is -2.22. The van der Waals surface area contributed by atoms with Crippen LogP contribution in [0.4, 0.5) is 11.4 Å². The van der Waals surface area contributed by atoms with Crippen molar-refractivity contribution in [1.82, 2.24) is 4.98 Å². The summed E-state index contributed by atoms with van der Waals surface area (Å²) in [5.41, 5.74) is 1.45. The van der Waals surface area contributed by atoms with Crippen molar-refractivity contribution in [2.45, 2.75) is 16.6 Å². The van der Waals surface area contributed by atoms with E-state index in [9.17, 15) is 31.0 Å². The van der Waals surface area contributed by atoms with Gasteiger partial charge in [0.2, 0.25) is 0 Å². The smallest absolute Gasteiger partial charge is 0.295 e. The van der Waals surface area contributed by atoms with Gasteiger partial charge >= 0.3 is 0 Å². The fraction of sp³-hybridized carbons (Fsp3) is 0.105. The van der Waals surface area contributed by atoms with E-state index in [2.05, 4.69) is 15.2 Å².